The zero-order valence-electron chi connectivity index (χ0n) is 10.4. The molecule has 0 aromatic heterocycles. The second-order valence-electron chi connectivity index (χ2n) is 4.56. The molecule has 0 saturated carbocycles. The van der Waals surface area contributed by atoms with Gasteiger partial charge in [0.15, 0.2) is 0 Å². The number of hydrogen-bond donors (Lipinski definition) is 2. The van der Waals surface area contributed by atoms with Gasteiger partial charge in [0.05, 0.1) is 5.92 Å². The highest BCUT2D eigenvalue weighted by molar-refractivity contribution is 5.76. The Labute approximate surface area is 101 Å². The van der Waals surface area contributed by atoms with Crippen LogP contribution in [-0.4, -0.2) is 59.1 Å². The van der Waals surface area contributed by atoms with E-state index in [1.54, 1.807) is 16.7 Å². The molecule has 2 unspecified atom stereocenters. The highest BCUT2D eigenvalue weighted by Crippen LogP contribution is 2.11. The largest absolute Gasteiger partial charge is 0.481 e. The Morgan fingerprint density at radius 1 is 1.59 bits per heavy atom. The van der Waals surface area contributed by atoms with E-state index in [1.807, 2.05) is 6.92 Å². The Bertz CT molecular complexity index is 296. The molecule has 0 aromatic rings. The average Bonchev–Trinajstić information content (AvgIpc) is 2.71. The second kappa shape index (κ2) is 5.86. The van der Waals surface area contributed by atoms with Crippen molar-refractivity contribution in [1.82, 2.24) is 9.80 Å². The lowest BCUT2D eigenvalue weighted by molar-refractivity contribution is -0.141. The van der Waals surface area contributed by atoms with Gasteiger partial charge in [0.2, 0.25) is 0 Å². The summed E-state index contributed by atoms with van der Waals surface area (Å²) in [5.74, 6) is -1.43. The molecule has 98 valence electrons. The van der Waals surface area contributed by atoms with E-state index in [4.69, 9.17) is 10.8 Å². The van der Waals surface area contributed by atoms with Gasteiger partial charge in [0, 0.05) is 32.2 Å². The maximum absolute atomic E-state index is 12.1. The maximum atomic E-state index is 12.1. The molecule has 0 aliphatic carbocycles. The number of carbonyl (C=O) groups excluding carboxylic acids is 1. The quantitative estimate of drug-likeness (QED) is 0.737. The molecule has 6 nitrogen and oxygen atoms in total. The van der Waals surface area contributed by atoms with Crippen LogP contribution in [0, 0.1) is 5.92 Å². The van der Waals surface area contributed by atoms with E-state index >= 15 is 0 Å². The molecule has 2 atom stereocenters. The van der Waals surface area contributed by atoms with Crippen LogP contribution in [-0.2, 0) is 4.79 Å². The molecule has 6 heteroatoms. The van der Waals surface area contributed by atoms with Crippen LogP contribution < -0.4 is 5.73 Å². The zero-order valence-corrected chi connectivity index (χ0v) is 10.4. The fraction of sp³-hybridized carbons (Fsp3) is 0.818. The number of urea groups is 1. The van der Waals surface area contributed by atoms with Crippen LogP contribution >= 0.6 is 0 Å². The molecule has 17 heavy (non-hydrogen) atoms. The van der Waals surface area contributed by atoms with Crippen LogP contribution in [0.4, 0.5) is 4.79 Å². The van der Waals surface area contributed by atoms with Gasteiger partial charge in [-0.25, -0.2) is 4.79 Å². The van der Waals surface area contributed by atoms with Crippen LogP contribution in [0.25, 0.3) is 0 Å². The minimum atomic E-state index is -0.880. The van der Waals surface area contributed by atoms with Gasteiger partial charge in [-0.1, -0.05) is 6.92 Å². The first-order chi connectivity index (χ1) is 7.95. The minimum Gasteiger partial charge on any atom is -0.481 e. The molecule has 0 bridgehead atoms. The summed E-state index contributed by atoms with van der Waals surface area (Å²) in [6.45, 7) is 5.45. The normalized spacial score (nSPS) is 21.4. The summed E-state index contributed by atoms with van der Waals surface area (Å²) < 4.78 is 0. The third-order valence-corrected chi connectivity index (χ3v) is 3.06. The smallest absolute Gasteiger partial charge is 0.320 e. The van der Waals surface area contributed by atoms with Crippen LogP contribution in [0.2, 0.25) is 0 Å². The highest BCUT2D eigenvalue weighted by Gasteiger charge is 2.28. The molecule has 1 fully saturated rings. The Balaban J connectivity index is 2.55. The van der Waals surface area contributed by atoms with Crippen molar-refractivity contribution in [3.8, 4) is 0 Å². The Morgan fingerprint density at radius 3 is 2.65 bits per heavy atom. The first-order valence-electron chi connectivity index (χ1n) is 5.98. The molecule has 1 rings (SSSR count). The summed E-state index contributed by atoms with van der Waals surface area (Å²) in [7, 11) is 0. The molecule has 2 amide bonds. The third-order valence-electron chi connectivity index (χ3n) is 3.06. The summed E-state index contributed by atoms with van der Waals surface area (Å²) in [6, 6.07) is -0.0527. The summed E-state index contributed by atoms with van der Waals surface area (Å²) >= 11 is 0. The number of hydrogen-bond acceptors (Lipinski definition) is 3. The maximum Gasteiger partial charge on any atom is 0.320 e. The number of carboxylic acids is 1. The summed E-state index contributed by atoms with van der Waals surface area (Å²) in [5.41, 5.74) is 5.75. The molecule has 1 aliphatic rings. The number of nitrogens with two attached hydrogens (primary N) is 1. The highest BCUT2D eigenvalue weighted by atomic mass is 16.4. The number of likely N-dealkylation sites (tertiary alicyclic amines) is 1. The predicted octanol–water partition coefficient (Wildman–Crippen LogP) is 0.182. The van der Waals surface area contributed by atoms with Crippen molar-refractivity contribution in [3.63, 3.8) is 0 Å². The number of carbonyl (C=O) groups is 2. The monoisotopic (exact) mass is 243 g/mol. The van der Waals surface area contributed by atoms with Gasteiger partial charge in [-0.2, -0.15) is 0 Å². The van der Waals surface area contributed by atoms with E-state index in [0.29, 0.717) is 19.6 Å². The van der Waals surface area contributed by atoms with Crippen LogP contribution in [0.5, 0.6) is 0 Å². The van der Waals surface area contributed by atoms with E-state index in [0.717, 1.165) is 6.42 Å². The fourth-order valence-corrected chi connectivity index (χ4v) is 1.91. The van der Waals surface area contributed by atoms with Crippen LogP contribution in [0.3, 0.4) is 0 Å². The van der Waals surface area contributed by atoms with Crippen molar-refractivity contribution in [2.75, 3.05) is 26.2 Å². The molecule has 1 saturated heterocycles. The number of nitrogens with zero attached hydrogens (tertiary/aromatic N) is 2. The minimum absolute atomic E-state index is 0.0505. The topological polar surface area (TPSA) is 86.9 Å². The number of carboxylic acid groups (broad SMARTS) is 1. The predicted molar refractivity (Wildman–Crippen MR) is 63.6 cm³/mol. The van der Waals surface area contributed by atoms with Crippen LogP contribution in [0.1, 0.15) is 20.3 Å². The van der Waals surface area contributed by atoms with Crippen molar-refractivity contribution in [1.29, 1.82) is 0 Å². The molecular weight excluding hydrogens is 222 g/mol. The molecule has 0 radical (unpaired) electrons. The van der Waals surface area contributed by atoms with Gasteiger partial charge < -0.3 is 20.6 Å². The van der Waals surface area contributed by atoms with E-state index < -0.39 is 11.9 Å². The molecular formula is C11H21N3O3. The lowest BCUT2D eigenvalue weighted by Crippen LogP contribution is -2.45. The van der Waals surface area contributed by atoms with Gasteiger partial charge in [-0.05, 0) is 13.3 Å². The van der Waals surface area contributed by atoms with Crippen molar-refractivity contribution < 1.29 is 14.7 Å². The van der Waals surface area contributed by atoms with Crippen molar-refractivity contribution in [3.05, 3.63) is 0 Å². The van der Waals surface area contributed by atoms with Crippen molar-refractivity contribution in [2.24, 2.45) is 11.7 Å². The molecule has 0 aromatic carbocycles. The molecule has 0 spiro atoms. The first kappa shape index (κ1) is 13.8. The van der Waals surface area contributed by atoms with Gasteiger partial charge in [-0.3, -0.25) is 4.79 Å². The third kappa shape index (κ3) is 3.59. The Hall–Kier alpha value is -1.30. The van der Waals surface area contributed by atoms with E-state index in [9.17, 15) is 9.59 Å². The molecule has 1 aliphatic heterocycles. The van der Waals surface area contributed by atoms with E-state index in [2.05, 4.69) is 0 Å². The van der Waals surface area contributed by atoms with Gasteiger partial charge >= 0.3 is 12.0 Å². The summed E-state index contributed by atoms with van der Waals surface area (Å²) in [5, 5.41) is 8.84. The fourth-order valence-electron chi connectivity index (χ4n) is 1.91. The number of rotatable bonds is 4. The van der Waals surface area contributed by atoms with Crippen molar-refractivity contribution in [2.45, 2.75) is 26.3 Å². The zero-order chi connectivity index (χ0) is 13.0. The second-order valence-corrected chi connectivity index (χ2v) is 4.56. The Morgan fingerprint density at radius 2 is 2.24 bits per heavy atom. The van der Waals surface area contributed by atoms with E-state index in [1.165, 1.54) is 0 Å². The van der Waals surface area contributed by atoms with Gasteiger partial charge in [-0.15, -0.1) is 0 Å². The first-order valence-corrected chi connectivity index (χ1v) is 5.98. The number of amides is 2. The lowest BCUT2D eigenvalue weighted by atomic mass is 10.2. The number of aliphatic carboxylic acids is 1. The molecule has 3 N–H and O–H groups in total. The molecule has 1 heterocycles. The SMILES string of the molecule is CCN(CC(C)C(=O)O)C(=O)N1CCC(N)C1. The Kier molecular flexibility index (Phi) is 4.74. The van der Waals surface area contributed by atoms with Gasteiger partial charge in [0.1, 0.15) is 0 Å². The van der Waals surface area contributed by atoms with Crippen molar-refractivity contribution >= 4 is 12.0 Å². The summed E-state index contributed by atoms with van der Waals surface area (Å²) in [6.07, 6.45) is 0.817. The summed E-state index contributed by atoms with van der Waals surface area (Å²) in [4.78, 5) is 26.1. The van der Waals surface area contributed by atoms with Crippen LogP contribution in [0.15, 0.2) is 0 Å². The van der Waals surface area contributed by atoms with Gasteiger partial charge in [0.25, 0.3) is 0 Å². The lowest BCUT2D eigenvalue weighted by Gasteiger charge is -2.28. The average molecular weight is 243 g/mol. The standard InChI is InChI=1S/C11H21N3O3/c1-3-13(6-8(2)10(15)16)11(17)14-5-4-9(12)7-14/h8-9H,3-7,12H2,1-2H3,(H,15,16). The van der Waals surface area contributed by atoms with E-state index in [-0.39, 0.29) is 18.6 Å².